The van der Waals surface area contributed by atoms with Crippen LogP contribution < -0.4 is 11.1 Å². The second-order valence-electron chi connectivity index (χ2n) is 4.21. The number of unbranched alkanes of at least 4 members (excludes halogenated alkanes) is 2. The molecule has 0 radical (unpaired) electrons. The number of nitrogens with zero attached hydrogens (tertiary/aromatic N) is 1. The minimum Gasteiger partial charge on any atom is -0.480 e. The maximum absolute atomic E-state index is 9.24. The van der Waals surface area contributed by atoms with Gasteiger partial charge in [0.15, 0.2) is 0 Å². The molecule has 0 aliphatic rings. The number of carboxylic acids is 1. The van der Waals surface area contributed by atoms with Crippen molar-refractivity contribution in [3.8, 4) is 0 Å². The van der Waals surface area contributed by atoms with Crippen LogP contribution in [0.4, 0.5) is 0 Å². The van der Waals surface area contributed by atoms with Gasteiger partial charge in [0.05, 0.1) is 6.54 Å². The Hall–Kier alpha value is -0.650. The molecule has 0 aromatic rings. The molecule has 0 aromatic carbocycles. The standard InChI is InChI=1S/C10H24N2.C2H5NO2/c1-4-5-6-8-11-9-7-10-12(2)3;3-1-2(4)5/h11H,4-10H2,1-3H3;1,3H2,(H,4,5). The largest absolute Gasteiger partial charge is 0.480 e. The first-order chi connectivity index (χ1) is 8.04. The van der Waals surface area contributed by atoms with Crippen LogP contribution in [0.25, 0.3) is 0 Å². The molecule has 0 spiro atoms. The average Bonchev–Trinajstić information content (AvgIpc) is 2.28. The molecular weight excluding hydrogens is 218 g/mol. The van der Waals surface area contributed by atoms with Crippen LogP contribution in [0.5, 0.6) is 0 Å². The van der Waals surface area contributed by atoms with Crippen molar-refractivity contribution in [3.63, 3.8) is 0 Å². The van der Waals surface area contributed by atoms with Crippen molar-refractivity contribution in [2.24, 2.45) is 5.73 Å². The molecule has 5 heteroatoms. The highest BCUT2D eigenvalue weighted by atomic mass is 16.4. The average molecular weight is 247 g/mol. The van der Waals surface area contributed by atoms with E-state index in [-0.39, 0.29) is 6.54 Å². The predicted octanol–water partition coefficient (Wildman–Crippen LogP) is 0.748. The van der Waals surface area contributed by atoms with E-state index < -0.39 is 5.97 Å². The monoisotopic (exact) mass is 247 g/mol. The Morgan fingerprint density at radius 3 is 2.18 bits per heavy atom. The Labute approximate surface area is 105 Å². The fraction of sp³-hybridized carbons (Fsp3) is 0.917. The summed E-state index contributed by atoms with van der Waals surface area (Å²) < 4.78 is 0. The molecule has 0 fully saturated rings. The van der Waals surface area contributed by atoms with Gasteiger partial charge in [-0.1, -0.05) is 19.8 Å². The maximum atomic E-state index is 9.24. The predicted molar refractivity (Wildman–Crippen MR) is 72.3 cm³/mol. The highest BCUT2D eigenvalue weighted by molar-refractivity contribution is 5.68. The number of carbonyl (C=O) groups is 1. The van der Waals surface area contributed by atoms with Gasteiger partial charge in [0.2, 0.25) is 0 Å². The van der Waals surface area contributed by atoms with E-state index in [1.165, 1.54) is 45.3 Å². The number of hydrogen-bond donors (Lipinski definition) is 3. The Kier molecular flexibility index (Phi) is 16.9. The molecule has 0 aromatic heterocycles. The van der Waals surface area contributed by atoms with Crippen molar-refractivity contribution in [2.45, 2.75) is 32.6 Å². The second-order valence-corrected chi connectivity index (χ2v) is 4.21. The van der Waals surface area contributed by atoms with E-state index >= 15 is 0 Å². The van der Waals surface area contributed by atoms with Gasteiger partial charge >= 0.3 is 5.97 Å². The number of hydrogen-bond acceptors (Lipinski definition) is 4. The van der Waals surface area contributed by atoms with Crippen LogP contribution in [0.2, 0.25) is 0 Å². The summed E-state index contributed by atoms with van der Waals surface area (Å²) in [6, 6.07) is 0. The molecule has 0 saturated carbocycles. The second kappa shape index (κ2) is 15.4. The van der Waals surface area contributed by atoms with E-state index in [1.807, 2.05) is 0 Å². The molecule has 0 bridgehead atoms. The summed E-state index contributed by atoms with van der Waals surface area (Å²) in [5.41, 5.74) is 4.57. The number of aliphatic carboxylic acids is 1. The van der Waals surface area contributed by atoms with Gasteiger partial charge in [-0.05, 0) is 46.6 Å². The van der Waals surface area contributed by atoms with Crippen LogP contribution in [0, 0.1) is 0 Å². The van der Waals surface area contributed by atoms with Crippen molar-refractivity contribution in [1.29, 1.82) is 0 Å². The van der Waals surface area contributed by atoms with Crippen molar-refractivity contribution >= 4 is 5.97 Å². The SMILES string of the molecule is CCCCCNCCCN(C)C.NCC(=O)O. The first-order valence-corrected chi connectivity index (χ1v) is 6.31. The molecule has 0 heterocycles. The third-order valence-corrected chi connectivity index (χ3v) is 2.09. The fourth-order valence-corrected chi connectivity index (χ4v) is 1.15. The lowest BCUT2D eigenvalue weighted by molar-refractivity contribution is -0.135. The van der Waals surface area contributed by atoms with Crippen molar-refractivity contribution < 1.29 is 9.90 Å². The summed E-state index contributed by atoms with van der Waals surface area (Å²) in [6.45, 7) is 5.52. The Balaban J connectivity index is 0. The maximum Gasteiger partial charge on any atom is 0.317 e. The molecule has 104 valence electrons. The topological polar surface area (TPSA) is 78.6 Å². The summed E-state index contributed by atoms with van der Waals surface area (Å²) in [5.74, 6) is -0.968. The van der Waals surface area contributed by atoms with Crippen LogP contribution in [-0.4, -0.2) is 56.3 Å². The number of carboxylic acid groups (broad SMARTS) is 1. The minimum absolute atomic E-state index is 0.278. The normalized spacial score (nSPS) is 9.94. The van der Waals surface area contributed by atoms with E-state index in [4.69, 9.17) is 5.11 Å². The van der Waals surface area contributed by atoms with Gasteiger partial charge in [-0.2, -0.15) is 0 Å². The Morgan fingerprint density at radius 2 is 1.76 bits per heavy atom. The summed E-state index contributed by atoms with van der Waals surface area (Å²) in [4.78, 5) is 11.5. The van der Waals surface area contributed by atoms with Crippen LogP contribution in [0.3, 0.4) is 0 Å². The molecule has 0 saturated heterocycles. The molecule has 0 unspecified atom stereocenters. The Morgan fingerprint density at radius 1 is 1.24 bits per heavy atom. The highest BCUT2D eigenvalue weighted by Gasteiger charge is 1.90. The zero-order valence-electron chi connectivity index (χ0n) is 11.5. The van der Waals surface area contributed by atoms with E-state index in [2.05, 4.69) is 37.0 Å². The quantitative estimate of drug-likeness (QED) is 0.524. The van der Waals surface area contributed by atoms with E-state index in [1.54, 1.807) is 0 Å². The van der Waals surface area contributed by atoms with Gasteiger partial charge in [-0.3, -0.25) is 4.79 Å². The van der Waals surface area contributed by atoms with E-state index in [9.17, 15) is 4.79 Å². The van der Waals surface area contributed by atoms with E-state index in [0.29, 0.717) is 0 Å². The Bertz CT molecular complexity index is 164. The minimum atomic E-state index is -0.968. The zero-order valence-corrected chi connectivity index (χ0v) is 11.5. The molecule has 0 rings (SSSR count). The van der Waals surface area contributed by atoms with Crippen molar-refractivity contribution in [2.75, 3.05) is 40.3 Å². The van der Waals surface area contributed by atoms with Crippen LogP contribution >= 0.6 is 0 Å². The summed E-state index contributed by atoms with van der Waals surface area (Å²) in [5, 5.41) is 11.0. The van der Waals surface area contributed by atoms with Gasteiger partial charge in [-0.15, -0.1) is 0 Å². The molecular formula is C12H29N3O2. The molecule has 0 aliphatic carbocycles. The lowest BCUT2D eigenvalue weighted by Crippen LogP contribution is -2.21. The first kappa shape index (κ1) is 18.7. The molecule has 0 amide bonds. The van der Waals surface area contributed by atoms with Crippen molar-refractivity contribution in [1.82, 2.24) is 10.2 Å². The molecule has 0 aliphatic heterocycles. The third-order valence-electron chi connectivity index (χ3n) is 2.09. The zero-order chi connectivity index (χ0) is 13.5. The lowest BCUT2D eigenvalue weighted by Gasteiger charge is -2.09. The molecule has 0 atom stereocenters. The summed E-state index contributed by atoms with van der Waals surface area (Å²) in [7, 11) is 4.24. The molecule has 4 N–H and O–H groups in total. The number of nitrogens with one attached hydrogen (secondary N) is 1. The van der Waals surface area contributed by atoms with Crippen molar-refractivity contribution in [3.05, 3.63) is 0 Å². The lowest BCUT2D eigenvalue weighted by atomic mass is 10.2. The molecule has 17 heavy (non-hydrogen) atoms. The van der Waals surface area contributed by atoms with Gasteiger partial charge in [-0.25, -0.2) is 0 Å². The first-order valence-electron chi connectivity index (χ1n) is 6.31. The van der Waals surface area contributed by atoms with Crippen LogP contribution in [0.1, 0.15) is 32.6 Å². The smallest absolute Gasteiger partial charge is 0.317 e. The van der Waals surface area contributed by atoms with Gasteiger partial charge < -0.3 is 21.1 Å². The fourth-order valence-electron chi connectivity index (χ4n) is 1.15. The highest BCUT2D eigenvalue weighted by Crippen LogP contribution is 1.91. The van der Waals surface area contributed by atoms with Crippen LogP contribution in [0.15, 0.2) is 0 Å². The summed E-state index contributed by atoms with van der Waals surface area (Å²) >= 11 is 0. The van der Waals surface area contributed by atoms with Gasteiger partial charge in [0.25, 0.3) is 0 Å². The molecule has 5 nitrogen and oxygen atoms in total. The van der Waals surface area contributed by atoms with Gasteiger partial charge in [0, 0.05) is 0 Å². The number of rotatable bonds is 9. The van der Waals surface area contributed by atoms with Crippen LogP contribution in [-0.2, 0) is 4.79 Å². The number of nitrogens with two attached hydrogens (primary N) is 1. The third kappa shape index (κ3) is 25.5. The van der Waals surface area contributed by atoms with Gasteiger partial charge in [0.1, 0.15) is 0 Å². The summed E-state index contributed by atoms with van der Waals surface area (Å²) in [6.07, 6.45) is 5.28. The van der Waals surface area contributed by atoms with E-state index in [0.717, 1.165) is 0 Å².